The Morgan fingerprint density at radius 2 is 1.43 bits per heavy atom. The van der Waals surface area contributed by atoms with Crippen LogP contribution in [0.3, 0.4) is 0 Å². The summed E-state index contributed by atoms with van der Waals surface area (Å²) in [7, 11) is 0. The van der Waals surface area contributed by atoms with Crippen molar-refractivity contribution in [3.8, 4) is 5.75 Å². The lowest BCUT2D eigenvalue weighted by Crippen LogP contribution is -2.29. The number of hydrogen-bond acceptors (Lipinski definition) is 8. The Morgan fingerprint density at radius 3 is 2.11 bits per heavy atom. The van der Waals surface area contributed by atoms with Crippen LogP contribution < -0.4 is 10.1 Å². The third-order valence-corrected chi connectivity index (χ3v) is 4.43. The molecule has 1 amide bonds. The Morgan fingerprint density at radius 1 is 0.771 bits per heavy atom. The number of aliphatic carboxylic acids is 1. The van der Waals surface area contributed by atoms with Gasteiger partial charge in [0.25, 0.3) is 5.91 Å². The van der Waals surface area contributed by atoms with E-state index in [1.54, 1.807) is 18.2 Å². The minimum Gasteiger partial charge on any atom is -0.491 e. The molecule has 0 atom stereocenters. The zero-order chi connectivity index (χ0) is 25.1. The minimum atomic E-state index is -1.11. The number of carboxylic acid groups (broad SMARTS) is 1. The lowest BCUT2D eigenvalue weighted by atomic mass is 10.2. The van der Waals surface area contributed by atoms with Crippen molar-refractivity contribution < 1.29 is 43.2 Å². The van der Waals surface area contributed by atoms with E-state index >= 15 is 0 Å². The van der Waals surface area contributed by atoms with Crippen LogP contribution in [-0.2, 0) is 35.1 Å². The van der Waals surface area contributed by atoms with Crippen LogP contribution in [0, 0.1) is 0 Å². The van der Waals surface area contributed by atoms with Crippen molar-refractivity contribution in [1.82, 2.24) is 5.32 Å². The van der Waals surface area contributed by atoms with E-state index in [0.29, 0.717) is 44.3 Å². The maximum absolute atomic E-state index is 11.9. The molecule has 2 aromatic carbocycles. The number of carboxylic acids is 1. The van der Waals surface area contributed by atoms with Crippen molar-refractivity contribution in [2.45, 2.75) is 13.0 Å². The van der Waals surface area contributed by atoms with Gasteiger partial charge in [0, 0.05) is 5.56 Å². The van der Waals surface area contributed by atoms with Crippen molar-refractivity contribution in [1.29, 1.82) is 0 Å². The van der Waals surface area contributed by atoms with E-state index in [-0.39, 0.29) is 32.2 Å². The number of rotatable bonds is 18. The minimum absolute atomic E-state index is 0.186. The number of esters is 1. The lowest BCUT2D eigenvalue weighted by Gasteiger charge is -2.09. The molecule has 0 radical (unpaired) electrons. The first-order valence-electron chi connectivity index (χ1n) is 11.2. The van der Waals surface area contributed by atoms with Crippen LogP contribution >= 0.6 is 0 Å². The van der Waals surface area contributed by atoms with Gasteiger partial charge in [0.15, 0.2) is 0 Å². The van der Waals surface area contributed by atoms with Crippen LogP contribution in [0.2, 0.25) is 0 Å². The van der Waals surface area contributed by atoms with Gasteiger partial charge in [-0.05, 0) is 23.8 Å². The zero-order valence-electron chi connectivity index (χ0n) is 19.5. The predicted molar refractivity (Wildman–Crippen MR) is 125 cm³/mol. The average molecular weight is 490 g/mol. The molecule has 2 aromatic rings. The van der Waals surface area contributed by atoms with E-state index in [1.807, 2.05) is 30.3 Å². The Kier molecular flexibility index (Phi) is 13.5. The van der Waals surface area contributed by atoms with E-state index in [0.717, 1.165) is 5.56 Å². The molecule has 190 valence electrons. The molecule has 0 fully saturated rings. The summed E-state index contributed by atoms with van der Waals surface area (Å²) in [6.45, 7) is 2.22. The Balaban J connectivity index is 1.40. The lowest BCUT2D eigenvalue weighted by molar-refractivity contribution is -0.146. The summed E-state index contributed by atoms with van der Waals surface area (Å²) in [5.41, 5.74) is 1.25. The van der Waals surface area contributed by atoms with Gasteiger partial charge in [-0.3, -0.25) is 14.4 Å². The van der Waals surface area contributed by atoms with Crippen molar-refractivity contribution in [2.75, 3.05) is 52.8 Å². The molecule has 0 unspecified atom stereocenters. The summed E-state index contributed by atoms with van der Waals surface area (Å²) in [6, 6.07) is 15.9. The fourth-order valence-corrected chi connectivity index (χ4v) is 2.71. The summed E-state index contributed by atoms with van der Waals surface area (Å²) >= 11 is 0. The third-order valence-electron chi connectivity index (χ3n) is 4.43. The molecule has 0 aliphatic carbocycles. The van der Waals surface area contributed by atoms with Gasteiger partial charge in [0.2, 0.25) is 0 Å². The monoisotopic (exact) mass is 489 g/mol. The highest BCUT2D eigenvalue weighted by Gasteiger charge is 2.08. The third kappa shape index (κ3) is 13.1. The van der Waals surface area contributed by atoms with Gasteiger partial charge < -0.3 is 34.1 Å². The second-order valence-electron chi connectivity index (χ2n) is 7.19. The van der Waals surface area contributed by atoms with Gasteiger partial charge in [-0.25, -0.2) is 0 Å². The molecule has 0 heterocycles. The molecule has 10 heteroatoms. The normalized spacial score (nSPS) is 10.5. The quantitative estimate of drug-likeness (QED) is 0.239. The summed E-state index contributed by atoms with van der Waals surface area (Å²) in [4.78, 5) is 34.1. The molecule has 10 nitrogen and oxygen atoms in total. The molecule has 0 aliphatic rings. The molecule has 0 saturated carbocycles. The van der Waals surface area contributed by atoms with Gasteiger partial charge in [-0.1, -0.05) is 36.4 Å². The Labute approximate surface area is 204 Å². The molecule has 0 spiro atoms. The van der Waals surface area contributed by atoms with Gasteiger partial charge in [-0.2, -0.15) is 0 Å². The topological polar surface area (TPSA) is 130 Å². The van der Waals surface area contributed by atoms with E-state index in [2.05, 4.69) is 5.32 Å². The molecular formula is C25H31NO9. The van der Waals surface area contributed by atoms with E-state index in [4.69, 9.17) is 28.8 Å². The number of carbonyl (C=O) groups excluding carboxylic acids is 2. The second-order valence-corrected chi connectivity index (χ2v) is 7.19. The molecular weight excluding hydrogens is 458 g/mol. The first-order chi connectivity index (χ1) is 17.0. The molecule has 0 bridgehead atoms. The number of amides is 1. The first kappa shape index (κ1) is 27.8. The zero-order valence-corrected chi connectivity index (χ0v) is 19.5. The highest BCUT2D eigenvalue weighted by molar-refractivity contribution is 5.96. The first-order valence-corrected chi connectivity index (χ1v) is 11.2. The molecule has 35 heavy (non-hydrogen) atoms. The van der Waals surface area contributed by atoms with E-state index < -0.39 is 18.4 Å². The second kappa shape index (κ2) is 17.0. The summed E-state index contributed by atoms with van der Waals surface area (Å²) < 4.78 is 26.9. The summed E-state index contributed by atoms with van der Waals surface area (Å²) in [6.07, 6.45) is 0.186. The van der Waals surface area contributed by atoms with Crippen LogP contribution in [0.25, 0.3) is 0 Å². The standard InChI is InChI=1S/C25H31NO9/c27-23(28)18-26-25(30)21-7-4-8-22(17-21)34-16-15-33-14-13-32-12-11-31-10-9-24(29)35-19-20-5-2-1-3-6-20/h1-8,17H,9-16,18-19H2,(H,26,30)(H,27,28). The van der Waals surface area contributed by atoms with Crippen molar-refractivity contribution in [3.05, 3.63) is 65.7 Å². The maximum Gasteiger partial charge on any atom is 0.322 e. The van der Waals surface area contributed by atoms with E-state index in [1.165, 1.54) is 6.07 Å². The van der Waals surface area contributed by atoms with Crippen molar-refractivity contribution in [3.63, 3.8) is 0 Å². The fourth-order valence-electron chi connectivity index (χ4n) is 2.71. The smallest absolute Gasteiger partial charge is 0.322 e. The van der Waals surface area contributed by atoms with Crippen LogP contribution in [0.15, 0.2) is 54.6 Å². The van der Waals surface area contributed by atoms with Crippen molar-refractivity contribution >= 4 is 17.8 Å². The van der Waals surface area contributed by atoms with Crippen LogP contribution in [-0.4, -0.2) is 75.7 Å². The number of ether oxygens (including phenoxy) is 5. The Bertz CT molecular complexity index is 905. The SMILES string of the molecule is O=C(O)CNC(=O)c1cccc(OCCOCCOCCOCCC(=O)OCc2ccccc2)c1. The number of benzene rings is 2. The van der Waals surface area contributed by atoms with Gasteiger partial charge >= 0.3 is 11.9 Å². The largest absolute Gasteiger partial charge is 0.491 e. The van der Waals surface area contributed by atoms with Gasteiger partial charge in [0.05, 0.1) is 46.1 Å². The number of carbonyl (C=O) groups is 3. The predicted octanol–water partition coefficient (Wildman–Crippen LogP) is 2.06. The molecule has 0 aliphatic heterocycles. The molecule has 0 aromatic heterocycles. The highest BCUT2D eigenvalue weighted by Crippen LogP contribution is 2.13. The number of hydrogen-bond donors (Lipinski definition) is 2. The van der Waals surface area contributed by atoms with E-state index in [9.17, 15) is 14.4 Å². The number of nitrogens with one attached hydrogen (secondary N) is 1. The van der Waals surface area contributed by atoms with Gasteiger partial charge in [0.1, 0.15) is 25.5 Å². The highest BCUT2D eigenvalue weighted by atomic mass is 16.6. The van der Waals surface area contributed by atoms with Gasteiger partial charge in [-0.15, -0.1) is 0 Å². The van der Waals surface area contributed by atoms with Crippen LogP contribution in [0.1, 0.15) is 22.3 Å². The molecule has 2 rings (SSSR count). The van der Waals surface area contributed by atoms with Crippen molar-refractivity contribution in [2.24, 2.45) is 0 Å². The maximum atomic E-state index is 11.9. The summed E-state index contributed by atoms with van der Waals surface area (Å²) in [5.74, 6) is -1.43. The summed E-state index contributed by atoms with van der Waals surface area (Å²) in [5, 5.41) is 10.9. The fraction of sp³-hybridized carbons (Fsp3) is 0.400. The van der Waals surface area contributed by atoms with Crippen LogP contribution in [0.4, 0.5) is 0 Å². The molecule has 2 N–H and O–H groups in total. The molecule has 0 saturated heterocycles. The van der Waals surface area contributed by atoms with Crippen LogP contribution in [0.5, 0.6) is 5.75 Å². The average Bonchev–Trinajstić information content (AvgIpc) is 2.87. The Hall–Kier alpha value is -3.47.